The van der Waals surface area contributed by atoms with Crippen LogP contribution in [0.4, 0.5) is 0 Å². The van der Waals surface area contributed by atoms with Crippen LogP contribution < -0.4 is 0 Å². The molecule has 4 saturated carbocycles. The molecule has 0 aromatic carbocycles. The number of carbonyl (C=O) groups is 1. The highest BCUT2D eigenvalue weighted by Gasteiger charge is 2.54. The van der Waals surface area contributed by atoms with Gasteiger partial charge in [-0.1, -0.05) is 17.7 Å². The molecule has 4 aliphatic carbocycles. The first-order valence-electron chi connectivity index (χ1n) is 6.56. The van der Waals surface area contributed by atoms with Crippen LogP contribution >= 0.6 is 21.6 Å². The standard InChI is InChI=1S/C13H20OS2/c1-2-15-16-12(14)13-6-9-3-10(7-13)5-11(4-9)8-13/h9-11H,2-8H2,1H3. The normalized spacial score (nSPS) is 44.9. The molecular formula is C13H20OS2. The molecule has 0 heterocycles. The first-order chi connectivity index (χ1) is 7.72. The molecule has 16 heavy (non-hydrogen) atoms. The van der Waals surface area contributed by atoms with Gasteiger partial charge in [-0.05, 0) is 67.1 Å². The van der Waals surface area contributed by atoms with Crippen molar-refractivity contribution in [2.45, 2.75) is 45.4 Å². The van der Waals surface area contributed by atoms with Crippen LogP contribution in [-0.2, 0) is 4.79 Å². The molecule has 0 aromatic heterocycles. The number of hydrogen-bond donors (Lipinski definition) is 0. The van der Waals surface area contributed by atoms with E-state index in [4.69, 9.17) is 0 Å². The molecule has 1 nitrogen and oxygen atoms in total. The van der Waals surface area contributed by atoms with Crippen molar-refractivity contribution >= 4 is 26.7 Å². The summed E-state index contributed by atoms with van der Waals surface area (Å²) in [5.41, 5.74) is 0.113. The topological polar surface area (TPSA) is 17.1 Å². The summed E-state index contributed by atoms with van der Waals surface area (Å²) in [5, 5.41) is 0.512. The third-order valence-corrected chi connectivity index (χ3v) is 7.18. The van der Waals surface area contributed by atoms with Gasteiger partial charge < -0.3 is 0 Å². The number of rotatable bonds is 3. The average molecular weight is 256 g/mol. The fourth-order valence-electron chi connectivity index (χ4n) is 4.56. The van der Waals surface area contributed by atoms with Crippen molar-refractivity contribution in [3.63, 3.8) is 0 Å². The summed E-state index contributed by atoms with van der Waals surface area (Å²) < 4.78 is 0. The first-order valence-corrected chi connectivity index (χ1v) is 8.87. The molecule has 0 radical (unpaired) electrons. The van der Waals surface area contributed by atoms with Crippen LogP contribution in [0.1, 0.15) is 45.4 Å². The lowest BCUT2D eigenvalue weighted by Crippen LogP contribution is -2.49. The second-order valence-electron chi connectivity index (χ2n) is 5.98. The smallest absolute Gasteiger partial charge is 0.205 e. The van der Waals surface area contributed by atoms with E-state index in [9.17, 15) is 4.79 Å². The molecule has 0 aromatic rings. The van der Waals surface area contributed by atoms with E-state index in [0.29, 0.717) is 5.12 Å². The lowest BCUT2D eigenvalue weighted by molar-refractivity contribution is -0.134. The zero-order chi connectivity index (χ0) is 11.2. The predicted molar refractivity (Wildman–Crippen MR) is 71.3 cm³/mol. The van der Waals surface area contributed by atoms with E-state index in [1.807, 2.05) is 0 Å². The van der Waals surface area contributed by atoms with Crippen molar-refractivity contribution in [1.82, 2.24) is 0 Å². The van der Waals surface area contributed by atoms with Gasteiger partial charge in [-0.15, -0.1) is 0 Å². The maximum absolute atomic E-state index is 12.4. The van der Waals surface area contributed by atoms with Gasteiger partial charge in [0.1, 0.15) is 0 Å². The Morgan fingerprint density at radius 3 is 2.06 bits per heavy atom. The van der Waals surface area contributed by atoms with Crippen LogP contribution in [0, 0.1) is 23.2 Å². The zero-order valence-corrected chi connectivity index (χ0v) is 11.5. The van der Waals surface area contributed by atoms with Crippen LogP contribution in [0.25, 0.3) is 0 Å². The average Bonchev–Trinajstić information content (AvgIpc) is 2.24. The summed E-state index contributed by atoms with van der Waals surface area (Å²) in [6, 6.07) is 0. The highest BCUT2D eigenvalue weighted by atomic mass is 33.1. The Labute approximate surface area is 106 Å². The zero-order valence-electron chi connectivity index (χ0n) is 9.91. The van der Waals surface area contributed by atoms with Crippen molar-refractivity contribution in [3.8, 4) is 0 Å². The van der Waals surface area contributed by atoms with Gasteiger partial charge in [0.25, 0.3) is 0 Å². The summed E-state index contributed by atoms with van der Waals surface area (Å²) in [7, 11) is 3.27. The third kappa shape index (κ3) is 1.84. The second-order valence-corrected chi connectivity index (χ2v) is 8.53. The largest absolute Gasteiger partial charge is 0.286 e. The molecule has 0 spiro atoms. The van der Waals surface area contributed by atoms with Crippen LogP contribution in [0.3, 0.4) is 0 Å². The second kappa shape index (κ2) is 4.24. The molecule has 4 aliphatic rings. The van der Waals surface area contributed by atoms with Gasteiger partial charge in [-0.2, -0.15) is 0 Å². The van der Waals surface area contributed by atoms with Gasteiger partial charge in [-0.3, -0.25) is 4.79 Å². The van der Waals surface area contributed by atoms with Gasteiger partial charge in [0.05, 0.1) is 0 Å². The molecule has 90 valence electrons. The molecule has 0 unspecified atom stereocenters. The Kier molecular flexibility index (Phi) is 3.03. The lowest BCUT2D eigenvalue weighted by atomic mass is 9.50. The van der Waals surface area contributed by atoms with Crippen molar-refractivity contribution in [3.05, 3.63) is 0 Å². The molecule has 0 atom stereocenters. The lowest BCUT2D eigenvalue weighted by Gasteiger charge is -2.55. The predicted octanol–water partition coefficient (Wildman–Crippen LogP) is 4.13. The van der Waals surface area contributed by atoms with Crippen molar-refractivity contribution in [2.75, 3.05) is 5.75 Å². The molecule has 4 rings (SSSR count). The van der Waals surface area contributed by atoms with Crippen molar-refractivity contribution in [1.29, 1.82) is 0 Å². The molecule has 0 amide bonds. The van der Waals surface area contributed by atoms with E-state index >= 15 is 0 Å². The fourth-order valence-corrected chi connectivity index (χ4v) is 6.42. The molecule has 3 heteroatoms. The minimum Gasteiger partial charge on any atom is -0.286 e. The highest BCUT2D eigenvalue weighted by Crippen LogP contribution is 2.61. The van der Waals surface area contributed by atoms with Crippen molar-refractivity contribution < 1.29 is 4.79 Å². The van der Waals surface area contributed by atoms with Gasteiger partial charge in [0, 0.05) is 11.2 Å². The Hall–Kier alpha value is 0.370. The van der Waals surface area contributed by atoms with E-state index in [1.165, 1.54) is 38.5 Å². The molecule has 4 bridgehead atoms. The highest BCUT2D eigenvalue weighted by molar-refractivity contribution is 8.82. The Morgan fingerprint density at radius 2 is 1.62 bits per heavy atom. The van der Waals surface area contributed by atoms with Crippen molar-refractivity contribution in [2.24, 2.45) is 23.2 Å². The van der Waals surface area contributed by atoms with Crippen LogP contribution in [0.2, 0.25) is 0 Å². The Balaban J connectivity index is 1.75. The molecule has 0 aliphatic heterocycles. The fraction of sp³-hybridized carbons (Fsp3) is 0.923. The van der Waals surface area contributed by atoms with Gasteiger partial charge >= 0.3 is 0 Å². The minimum atomic E-state index is 0.113. The number of hydrogen-bond acceptors (Lipinski definition) is 3. The van der Waals surface area contributed by atoms with Crippen LogP contribution in [0.5, 0.6) is 0 Å². The monoisotopic (exact) mass is 256 g/mol. The molecule has 0 N–H and O–H groups in total. The van der Waals surface area contributed by atoms with E-state index in [0.717, 1.165) is 23.5 Å². The maximum Gasteiger partial charge on any atom is 0.205 e. The number of carbonyl (C=O) groups excluding carboxylic acids is 1. The first kappa shape index (κ1) is 11.5. The third-order valence-electron chi connectivity index (χ3n) is 4.72. The summed E-state index contributed by atoms with van der Waals surface area (Å²) >= 11 is 0. The summed E-state index contributed by atoms with van der Waals surface area (Å²) in [6.45, 7) is 2.13. The summed E-state index contributed by atoms with van der Waals surface area (Å²) in [4.78, 5) is 12.4. The molecular weight excluding hydrogens is 236 g/mol. The summed E-state index contributed by atoms with van der Waals surface area (Å²) in [5.74, 6) is 3.72. The Morgan fingerprint density at radius 1 is 1.12 bits per heavy atom. The van der Waals surface area contributed by atoms with Gasteiger partial charge in [-0.25, -0.2) is 0 Å². The van der Waals surface area contributed by atoms with Crippen LogP contribution in [-0.4, -0.2) is 10.9 Å². The van der Waals surface area contributed by atoms with E-state index < -0.39 is 0 Å². The van der Waals surface area contributed by atoms with E-state index in [1.54, 1.807) is 21.6 Å². The molecule has 0 saturated heterocycles. The van der Waals surface area contributed by atoms with Gasteiger partial charge in [0.15, 0.2) is 0 Å². The quantitative estimate of drug-likeness (QED) is 0.707. The Bertz CT molecular complexity index is 265. The maximum atomic E-state index is 12.4. The minimum absolute atomic E-state index is 0.113. The summed E-state index contributed by atoms with van der Waals surface area (Å²) in [6.07, 6.45) is 7.94. The van der Waals surface area contributed by atoms with Gasteiger partial charge in [0.2, 0.25) is 5.12 Å². The van der Waals surface area contributed by atoms with E-state index in [-0.39, 0.29) is 5.41 Å². The van der Waals surface area contributed by atoms with Crippen LogP contribution in [0.15, 0.2) is 0 Å². The SMILES string of the molecule is CCSSC(=O)C12CC3CC(CC(C3)C1)C2. The van der Waals surface area contributed by atoms with E-state index in [2.05, 4.69) is 6.92 Å². The molecule has 4 fully saturated rings.